The van der Waals surface area contributed by atoms with Crippen LogP contribution in [0.15, 0.2) is 0 Å². The number of amides is 1. The number of hydrogen-bond donors (Lipinski definition) is 2. The first-order chi connectivity index (χ1) is 8.44. The third kappa shape index (κ3) is 3.02. The Morgan fingerprint density at radius 2 is 2.11 bits per heavy atom. The minimum atomic E-state index is -0.963. The monoisotopic (exact) mass is 256 g/mol. The van der Waals surface area contributed by atoms with Crippen molar-refractivity contribution in [1.29, 1.82) is 0 Å². The van der Waals surface area contributed by atoms with Crippen molar-refractivity contribution >= 4 is 11.9 Å². The number of aliphatic carboxylic acids is 1. The molecular formula is C13H24N2O3. The molecule has 0 spiro atoms. The number of carbonyl (C=O) groups excluding carboxylic acids is 1. The molecule has 104 valence electrons. The van der Waals surface area contributed by atoms with E-state index >= 15 is 0 Å². The van der Waals surface area contributed by atoms with E-state index in [1.165, 1.54) is 0 Å². The molecule has 1 heterocycles. The number of nitrogens with zero attached hydrogens (tertiary/aromatic N) is 1. The molecule has 1 aliphatic rings. The molecule has 1 unspecified atom stereocenters. The summed E-state index contributed by atoms with van der Waals surface area (Å²) in [7, 11) is 0. The summed E-state index contributed by atoms with van der Waals surface area (Å²) in [6.45, 7) is 7.06. The first kappa shape index (κ1) is 15.0. The molecule has 1 amide bonds. The van der Waals surface area contributed by atoms with Crippen molar-refractivity contribution in [2.24, 2.45) is 0 Å². The zero-order valence-electron chi connectivity index (χ0n) is 11.5. The summed E-state index contributed by atoms with van der Waals surface area (Å²) in [6, 6.07) is 0.340. The largest absolute Gasteiger partial charge is 0.479 e. The van der Waals surface area contributed by atoms with Crippen LogP contribution < -0.4 is 5.32 Å². The Morgan fingerprint density at radius 3 is 2.61 bits per heavy atom. The molecule has 2 N–H and O–H groups in total. The summed E-state index contributed by atoms with van der Waals surface area (Å²) in [4.78, 5) is 25.1. The Bertz CT molecular complexity index is 317. The van der Waals surface area contributed by atoms with Crippen LogP contribution in [0.2, 0.25) is 0 Å². The van der Waals surface area contributed by atoms with Gasteiger partial charge in [0, 0.05) is 25.6 Å². The van der Waals surface area contributed by atoms with Crippen molar-refractivity contribution in [2.75, 3.05) is 13.1 Å². The maximum absolute atomic E-state index is 12.1. The van der Waals surface area contributed by atoms with Gasteiger partial charge in [0.1, 0.15) is 5.54 Å². The third-order valence-corrected chi connectivity index (χ3v) is 3.66. The van der Waals surface area contributed by atoms with Crippen LogP contribution in [-0.4, -0.2) is 46.6 Å². The van der Waals surface area contributed by atoms with Crippen molar-refractivity contribution in [3.8, 4) is 0 Å². The Kier molecular flexibility index (Phi) is 5.14. The maximum Gasteiger partial charge on any atom is 0.329 e. The zero-order chi connectivity index (χ0) is 13.8. The van der Waals surface area contributed by atoms with Gasteiger partial charge in [0.15, 0.2) is 0 Å². The highest BCUT2D eigenvalue weighted by Gasteiger charge is 2.48. The van der Waals surface area contributed by atoms with Gasteiger partial charge in [-0.25, -0.2) is 4.79 Å². The first-order valence-electron chi connectivity index (χ1n) is 6.71. The fraction of sp³-hybridized carbons (Fsp3) is 0.846. The van der Waals surface area contributed by atoms with E-state index in [1.54, 1.807) is 4.90 Å². The van der Waals surface area contributed by atoms with Crippen LogP contribution in [0.5, 0.6) is 0 Å². The number of carbonyl (C=O) groups is 2. The van der Waals surface area contributed by atoms with E-state index in [9.17, 15) is 14.7 Å². The molecule has 5 heteroatoms. The van der Waals surface area contributed by atoms with Crippen molar-refractivity contribution < 1.29 is 14.7 Å². The van der Waals surface area contributed by atoms with Crippen LogP contribution in [0.4, 0.5) is 0 Å². The van der Waals surface area contributed by atoms with Crippen molar-refractivity contribution in [3.05, 3.63) is 0 Å². The molecule has 0 aromatic rings. The van der Waals surface area contributed by atoms with E-state index in [0.29, 0.717) is 38.4 Å². The SMILES string of the molecule is CCC1(C(=O)O)CCCN1C(=O)CCNC(C)C. The molecule has 18 heavy (non-hydrogen) atoms. The number of nitrogens with one attached hydrogen (secondary N) is 1. The van der Waals surface area contributed by atoms with Crippen molar-refractivity contribution in [1.82, 2.24) is 10.2 Å². The lowest BCUT2D eigenvalue weighted by Crippen LogP contribution is -2.53. The summed E-state index contributed by atoms with van der Waals surface area (Å²) in [5.41, 5.74) is -0.963. The van der Waals surface area contributed by atoms with Crippen LogP contribution in [0.3, 0.4) is 0 Å². The van der Waals surface area contributed by atoms with E-state index in [-0.39, 0.29) is 5.91 Å². The normalized spacial score (nSPS) is 23.7. The lowest BCUT2D eigenvalue weighted by molar-refractivity contribution is -0.156. The van der Waals surface area contributed by atoms with E-state index in [2.05, 4.69) is 5.32 Å². The van der Waals surface area contributed by atoms with Crippen LogP contribution in [0.1, 0.15) is 46.5 Å². The summed E-state index contributed by atoms with van der Waals surface area (Å²) in [5.74, 6) is -0.919. The quantitative estimate of drug-likeness (QED) is 0.750. The van der Waals surface area contributed by atoms with Gasteiger partial charge in [-0.1, -0.05) is 20.8 Å². The fourth-order valence-corrected chi connectivity index (χ4v) is 2.59. The van der Waals surface area contributed by atoms with Gasteiger partial charge in [-0.05, 0) is 19.3 Å². The lowest BCUT2D eigenvalue weighted by atomic mass is 9.93. The highest BCUT2D eigenvalue weighted by atomic mass is 16.4. The Hall–Kier alpha value is -1.10. The predicted octanol–water partition coefficient (Wildman–Crippen LogP) is 1.23. The van der Waals surface area contributed by atoms with Crippen molar-refractivity contribution in [2.45, 2.75) is 58.0 Å². The third-order valence-electron chi connectivity index (χ3n) is 3.66. The lowest BCUT2D eigenvalue weighted by Gasteiger charge is -2.34. The highest BCUT2D eigenvalue weighted by Crippen LogP contribution is 2.33. The van der Waals surface area contributed by atoms with Crippen molar-refractivity contribution in [3.63, 3.8) is 0 Å². The summed E-state index contributed by atoms with van der Waals surface area (Å²) < 4.78 is 0. The van der Waals surface area contributed by atoms with E-state index in [4.69, 9.17) is 0 Å². The number of carboxylic acids is 1. The highest BCUT2D eigenvalue weighted by molar-refractivity contribution is 5.87. The number of rotatable bonds is 6. The molecule has 1 saturated heterocycles. The van der Waals surface area contributed by atoms with Crippen LogP contribution >= 0.6 is 0 Å². The molecule has 0 bridgehead atoms. The molecule has 0 saturated carbocycles. The Balaban J connectivity index is 2.63. The van der Waals surface area contributed by atoms with Gasteiger partial charge < -0.3 is 15.3 Å². The molecule has 0 radical (unpaired) electrons. The topological polar surface area (TPSA) is 69.6 Å². The van der Waals surface area contributed by atoms with Gasteiger partial charge in [0.05, 0.1) is 0 Å². The van der Waals surface area contributed by atoms with E-state index < -0.39 is 11.5 Å². The number of carboxylic acid groups (broad SMARTS) is 1. The number of hydrogen-bond acceptors (Lipinski definition) is 3. The van der Waals surface area contributed by atoms with Crippen LogP contribution in [-0.2, 0) is 9.59 Å². The predicted molar refractivity (Wildman–Crippen MR) is 69.4 cm³/mol. The minimum Gasteiger partial charge on any atom is -0.479 e. The molecule has 0 aliphatic carbocycles. The number of likely N-dealkylation sites (tertiary alicyclic amines) is 1. The summed E-state index contributed by atoms with van der Waals surface area (Å²) >= 11 is 0. The summed E-state index contributed by atoms with van der Waals surface area (Å²) in [6.07, 6.45) is 2.20. The van der Waals surface area contributed by atoms with Crippen LogP contribution in [0.25, 0.3) is 0 Å². The Morgan fingerprint density at radius 1 is 1.44 bits per heavy atom. The van der Waals surface area contributed by atoms with Gasteiger partial charge in [-0.15, -0.1) is 0 Å². The first-order valence-corrected chi connectivity index (χ1v) is 6.71. The second kappa shape index (κ2) is 6.18. The van der Waals surface area contributed by atoms with Crippen LogP contribution in [0, 0.1) is 0 Å². The van der Waals surface area contributed by atoms with E-state index in [0.717, 1.165) is 6.42 Å². The molecule has 1 fully saturated rings. The zero-order valence-corrected chi connectivity index (χ0v) is 11.5. The molecule has 1 rings (SSSR count). The van der Waals surface area contributed by atoms with Gasteiger partial charge in [0.25, 0.3) is 0 Å². The minimum absolute atomic E-state index is 0.0510. The molecule has 5 nitrogen and oxygen atoms in total. The molecule has 0 aromatic carbocycles. The molecular weight excluding hydrogens is 232 g/mol. The second-order valence-electron chi connectivity index (χ2n) is 5.20. The smallest absolute Gasteiger partial charge is 0.329 e. The second-order valence-corrected chi connectivity index (χ2v) is 5.20. The van der Waals surface area contributed by atoms with Gasteiger partial charge in [-0.3, -0.25) is 4.79 Å². The Labute approximate surface area is 109 Å². The molecule has 1 aliphatic heterocycles. The average Bonchev–Trinajstić information content (AvgIpc) is 2.73. The van der Waals surface area contributed by atoms with Gasteiger partial charge in [-0.2, -0.15) is 0 Å². The van der Waals surface area contributed by atoms with Gasteiger partial charge >= 0.3 is 5.97 Å². The fourth-order valence-electron chi connectivity index (χ4n) is 2.59. The average molecular weight is 256 g/mol. The maximum atomic E-state index is 12.1. The van der Waals surface area contributed by atoms with E-state index in [1.807, 2.05) is 20.8 Å². The van der Waals surface area contributed by atoms with Gasteiger partial charge in [0.2, 0.25) is 5.91 Å². The molecule has 1 atom stereocenters. The summed E-state index contributed by atoms with van der Waals surface area (Å²) in [5, 5.41) is 12.6. The standard InChI is InChI=1S/C13H24N2O3/c1-4-13(12(17)18)7-5-9-15(13)11(16)6-8-14-10(2)3/h10,14H,4-9H2,1-3H3,(H,17,18). The molecule has 0 aromatic heterocycles.